The molecule has 4 aromatic heterocycles. The highest BCUT2D eigenvalue weighted by molar-refractivity contribution is 6.17. The molecule has 8 aromatic carbocycles. The van der Waals surface area contributed by atoms with Gasteiger partial charge in [-0.3, -0.25) is 0 Å². The first-order chi connectivity index (χ1) is 28.2. The number of nitrogens with zero attached hydrogens (tertiary/aromatic N) is 5. The topological polar surface area (TPSA) is 61.7 Å². The van der Waals surface area contributed by atoms with Crippen LogP contribution < -0.4 is 0 Å². The number of fused-ring (bicyclic) bond motifs is 9. The summed E-state index contributed by atoms with van der Waals surface area (Å²) in [5.74, 6) is 1.90. The van der Waals surface area contributed by atoms with Crippen molar-refractivity contribution in [2.75, 3.05) is 0 Å². The standard InChI is InChI=1S/C51H31N5O/c1-3-13-32(14-4-1)49-52-50(33-15-5-2-6-16-33)54-51(53-49)34-23-25-35(26-24-34)55-45-29-36(56-43-20-10-7-17-37(43)38-18-8-11-21-44(38)56)27-28-39(45)41-31-48-42(30-46(41)55)40-19-9-12-22-47(40)57-48/h1-31H. The Morgan fingerprint density at radius 1 is 0.298 bits per heavy atom. The van der Waals surface area contributed by atoms with Crippen LogP contribution >= 0.6 is 0 Å². The van der Waals surface area contributed by atoms with Gasteiger partial charge in [0.15, 0.2) is 17.5 Å². The van der Waals surface area contributed by atoms with Gasteiger partial charge in [-0.1, -0.05) is 121 Å². The number of hydrogen-bond acceptors (Lipinski definition) is 4. The smallest absolute Gasteiger partial charge is 0.164 e. The minimum Gasteiger partial charge on any atom is -0.456 e. The van der Waals surface area contributed by atoms with Crippen molar-refractivity contribution in [3.63, 3.8) is 0 Å². The van der Waals surface area contributed by atoms with E-state index in [9.17, 15) is 0 Å². The highest BCUT2D eigenvalue weighted by Gasteiger charge is 2.20. The predicted octanol–water partition coefficient (Wildman–Crippen LogP) is 13.0. The normalized spacial score (nSPS) is 11.9. The maximum absolute atomic E-state index is 6.42. The third kappa shape index (κ3) is 4.94. The van der Waals surface area contributed by atoms with Gasteiger partial charge in [0, 0.05) is 60.4 Å². The Labute approximate surface area is 326 Å². The minimum absolute atomic E-state index is 0.622. The quantitative estimate of drug-likeness (QED) is 0.177. The average Bonchev–Trinajstić information content (AvgIpc) is 3.93. The van der Waals surface area contributed by atoms with Crippen LogP contribution in [0.25, 0.3) is 111 Å². The summed E-state index contributed by atoms with van der Waals surface area (Å²) in [5, 5.41) is 6.95. The van der Waals surface area contributed by atoms with Gasteiger partial charge in [0.1, 0.15) is 11.2 Å². The van der Waals surface area contributed by atoms with E-state index in [0.717, 1.165) is 71.8 Å². The first-order valence-electron chi connectivity index (χ1n) is 19.1. The molecule has 0 radical (unpaired) electrons. The van der Waals surface area contributed by atoms with Gasteiger partial charge in [-0.25, -0.2) is 15.0 Å². The molecule has 57 heavy (non-hydrogen) atoms. The SMILES string of the molecule is c1ccc(-c2nc(-c3ccccc3)nc(-c3ccc(-n4c5cc(-n6c7ccccc7c7ccccc76)ccc5c5cc6oc7ccccc7c6cc54)cc3)n2)cc1. The van der Waals surface area contributed by atoms with E-state index in [2.05, 4.69) is 124 Å². The zero-order valence-electron chi connectivity index (χ0n) is 30.5. The molecule has 0 amide bonds. The molecule has 0 aliphatic heterocycles. The summed E-state index contributed by atoms with van der Waals surface area (Å²) in [6.45, 7) is 0. The Bertz CT molecular complexity index is 3400. The molecule has 12 rings (SSSR count). The van der Waals surface area contributed by atoms with Crippen LogP contribution in [0.2, 0.25) is 0 Å². The van der Waals surface area contributed by atoms with Crippen LogP contribution in [-0.2, 0) is 0 Å². The Morgan fingerprint density at radius 2 is 0.772 bits per heavy atom. The molecule has 266 valence electrons. The molecule has 0 spiro atoms. The maximum atomic E-state index is 6.42. The third-order valence-electron chi connectivity index (χ3n) is 11.2. The molecule has 4 heterocycles. The number of benzene rings is 8. The lowest BCUT2D eigenvalue weighted by molar-refractivity contribution is 0.669. The summed E-state index contributed by atoms with van der Waals surface area (Å²) in [7, 11) is 0. The first-order valence-corrected chi connectivity index (χ1v) is 19.1. The molecule has 0 atom stereocenters. The minimum atomic E-state index is 0.622. The van der Waals surface area contributed by atoms with E-state index >= 15 is 0 Å². The van der Waals surface area contributed by atoms with Crippen LogP contribution in [0.5, 0.6) is 0 Å². The van der Waals surface area contributed by atoms with Gasteiger partial charge < -0.3 is 13.6 Å². The molecule has 0 bridgehead atoms. The van der Waals surface area contributed by atoms with Crippen LogP contribution in [0.4, 0.5) is 0 Å². The van der Waals surface area contributed by atoms with E-state index in [1.807, 2.05) is 72.8 Å². The molecule has 6 nitrogen and oxygen atoms in total. The lowest BCUT2D eigenvalue weighted by Crippen LogP contribution is -2.00. The van der Waals surface area contributed by atoms with Crippen molar-refractivity contribution in [2.24, 2.45) is 0 Å². The van der Waals surface area contributed by atoms with Crippen molar-refractivity contribution in [1.82, 2.24) is 24.1 Å². The predicted molar refractivity (Wildman–Crippen MR) is 232 cm³/mol. The van der Waals surface area contributed by atoms with Crippen molar-refractivity contribution in [2.45, 2.75) is 0 Å². The van der Waals surface area contributed by atoms with Gasteiger partial charge in [0.05, 0.1) is 22.1 Å². The highest BCUT2D eigenvalue weighted by atomic mass is 16.3. The average molecular weight is 730 g/mol. The molecule has 0 aliphatic carbocycles. The number of rotatable bonds is 5. The second kappa shape index (κ2) is 12.3. The molecule has 0 saturated carbocycles. The van der Waals surface area contributed by atoms with Crippen LogP contribution in [0.15, 0.2) is 192 Å². The summed E-state index contributed by atoms with van der Waals surface area (Å²) >= 11 is 0. The fourth-order valence-corrected chi connectivity index (χ4v) is 8.54. The monoisotopic (exact) mass is 729 g/mol. The van der Waals surface area contributed by atoms with Crippen LogP contribution in [0, 0.1) is 0 Å². The summed E-state index contributed by atoms with van der Waals surface area (Å²) in [6, 6.07) is 65.7. The second-order valence-electron chi connectivity index (χ2n) is 14.5. The molecule has 6 heteroatoms. The molecule has 12 aromatic rings. The third-order valence-corrected chi connectivity index (χ3v) is 11.2. The summed E-state index contributed by atoms with van der Waals surface area (Å²) in [4.78, 5) is 14.9. The number of para-hydroxylation sites is 3. The number of aromatic nitrogens is 5. The molecular weight excluding hydrogens is 699 g/mol. The van der Waals surface area contributed by atoms with E-state index in [4.69, 9.17) is 19.4 Å². The number of furan rings is 1. The first kappa shape index (κ1) is 31.5. The lowest BCUT2D eigenvalue weighted by atomic mass is 10.1. The van der Waals surface area contributed by atoms with E-state index in [1.165, 1.54) is 21.8 Å². The Morgan fingerprint density at radius 3 is 1.40 bits per heavy atom. The van der Waals surface area contributed by atoms with Gasteiger partial charge in [0.25, 0.3) is 0 Å². The Balaban J connectivity index is 1.08. The van der Waals surface area contributed by atoms with Gasteiger partial charge in [-0.2, -0.15) is 0 Å². The lowest BCUT2D eigenvalue weighted by Gasteiger charge is -2.12. The largest absolute Gasteiger partial charge is 0.456 e. The fraction of sp³-hybridized carbons (Fsp3) is 0. The summed E-state index contributed by atoms with van der Waals surface area (Å²) < 4.78 is 11.2. The fourth-order valence-electron chi connectivity index (χ4n) is 8.54. The molecular formula is C51H31N5O. The maximum Gasteiger partial charge on any atom is 0.164 e. The van der Waals surface area contributed by atoms with Crippen molar-refractivity contribution in [3.05, 3.63) is 188 Å². The van der Waals surface area contributed by atoms with E-state index in [-0.39, 0.29) is 0 Å². The van der Waals surface area contributed by atoms with Crippen molar-refractivity contribution >= 4 is 65.6 Å². The molecule has 0 N–H and O–H groups in total. The Hall–Kier alpha value is -7.83. The zero-order valence-corrected chi connectivity index (χ0v) is 30.5. The second-order valence-corrected chi connectivity index (χ2v) is 14.5. The molecule has 0 aliphatic rings. The molecule has 0 saturated heterocycles. The van der Waals surface area contributed by atoms with Gasteiger partial charge in [0.2, 0.25) is 0 Å². The van der Waals surface area contributed by atoms with Gasteiger partial charge in [-0.05, 0) is 66.7 Å². The van der Waals surface area contributed by atoms with Crippen molar-refractivity contribution in [3.8, 4) is 45.5 Å². The summed E-state index contributed by atoms with van der Waals surface area (Å²) in [6.07, 6.45) is 0. The van der Waals surface area contributed by atoms with Crippen LogP contribution in [0.3, 0.4) is 0 Å². The van der Waals surface area contributed by atoms with E-state index in [1.54, 1.807) is 0 Å². The van der Waals surface area contributed by atoms with Crippen LogP contribution in [-0.4, -0.2) is 24.1 Å². The van der Waals surface area contributed by atoms with E-state index in [0.29, 0.717) is 17.5 Å². The molecule has 0 fully saturated rings. The van der Waals surface area contributed by atoms with Gasteiger partial charge in [-0.15, -0.1) is 0 Å². The highest BCUT2D eigenvalue weighted by Crippen LogP contribution is 2.40. The zero-order chi connectivity index (χ0) is 37.5. The van der Waals surface area contributed by atoms with E-state index < -0.39 is 0 Å². The number of hydrogen-bond donors (Lipinski definition) is 0. The van der Waals surface area contributed by atoms with Crippen molar-refractivity contribution in [1.29, 1.82) is 0 Å². The summed E-state index contributed by atoms with van der Waals surface area (Å²) in [5.41, 5.74) is 11.3. The van der Waals surface area contributed by atoms with Gasteiger partial charge >= 0.3 is 0 Å². The molecule has 0 unspecified atom stereocenters. The van der Waals surface area contributed by atoms with Crippen LogP contribution in [0.1, 0.15) is 0 Å². The Kier molecular flexibility index (Phi) is 6.83. The van der Waals surface area contributed by atoms with Crippen molar-refractivity contribution < 1.29 is 4.42 Å².